The molecule has 1 aromatic carbocycles. The lowest BCUT2D eigenvalue weighted by Gasteiger charge is -2.13. The molecule has 0 spiro atoms. The molecule has 2 aromatic rings. The van der Waals surface area contributed by atoms with Gasteiger partial charge in [-0.15, -0.1) is 0 Å². The second-order valence-corrected chi connectivity index (χ2v) is 6.43. The molecule has 0 saturated carbocycles. The molecule has 0 fully saturated rings. The molecule has 0 amide bonds. The third-order valence-corrected chi connectivity index (χ3v) is 4.21. The van der Waals surface area contributed by atoms with Gasteiger partial charge in [0.25, 0.3) is 0 Å². The van der Waals surface area contributed by atoms with Crippen LogP contribution in [0.5, 0.6) is 11.5 Å². The first-order chi connectivity index (χ1) is 11.6. The highest BCUT2D eigenvalue weighted by atomic mass is 16.5. The first-order valence-electron chi connectivity index (χ1n) is 8.26. The second kappa shape index (κ2) is 7.09. The Morgan fingerprint density at radius 2 is 2.12 bits per heavy atom. The van der Waals surface area contributed by atoms with Crippen molar-refractivity contribution in [2.45, 2.75) is 32.5 Å². The Morgan fingerprint density at radius 3 is 2.79 bits per heavy atom. The van der Waals surface area contributed by atoms with Crippen LogP contribution in [0.15, 0.2) is 30.5 Å². The Hall–Kier alpha value is -2.27. The minimum Gasteiger partial charge on any atom is -0.496 e. The normalized spacial score (nSPS) is 15.8. The second-order valence-electron chi connectivity index (χ2n) is 6.43. The molecule has 0 aliphatic carbocycles. The number of methoxy groups -OCH3 is 1. The first-order valence-corrected chi connectivity index (χ1v) is 8.26. The Kier molecular flexibility index (Phi) is 4.90. The molecule has 1 aliphatic heterocycles. The fourth-order valence-electron chi connectivity index (χ4n) is 2.94. The Balaban J connectivity index is 1.63. The van der Waals surface area contributed by atoms with Gasteiger partial charge < -0.3 is 19.7 Å². The molecule has 0 bridgehead atoms. The molecule has 5 heteroatoms. The van der Waals surface area contributed by atoms with Crippen LogP contribution in [0.3, 0.4) is 0 Å². The lowest BCUT2D eigenvalue weighted by molar-refractivity contribution is 0.254. The molecule has 0 radical (unpaired) electrons. The van der Waals surface area contributed by atoms with Gasteiger partial charge in [-0.05, 0) is 30.7 Å². The summed E-state index contributed by atoms with van der Waals surface area (Å²) in [4.78, 5) is 6.43. The van der Waals surface area contributed by atoms with Crippen LogP contribution in [0.4, 0.5) is 5.82 Å². The Bertz CT molecular complexity index is 699. The van der Waals surface area contributed by atoms with Gasteiger partial charge in [-0.2, -0.15) is 0 Å². The predicted molar refractivity (Wildman–Crippen MR) is 95.9 cm³/mol. The average Bonchev–Trinajstić information content (AvgIpc) is 2.93. The number of aromatic nitrogens is 1. The van der Waals surface area contributed by atoms with Crippen LogP contribution in [0.25, 0.3) is 0 Å². The highest BCUT2D eigenvalue weighted by Gasteiger charge is 2.21. The molecule has 1 N–H and O–H groups in total. The molecular weight excluding hydrogens is 302 g/mol. The van der Waals surface area contributed by atoms with Gasteiger partial charge in [-0.3, -0.25) is 0 Å². The number of ether oxygens (including phenoxy) is 2. The van der Waals surface area contributed by atoms with Crippen LogP contribution in [0.1, 0.15) is 23.6 Å². The van der Waals surface area contributed by atoms with E-state index in [-0.39, 0.29) is 6.10 Å². The van der Waals surface area contributed by atoms with Crippen LogP contribution >= 0.6 is 0 Å². The minimum atomic E-state index is 0.245. The fourth-order valence-corrected chi connectivity index (χ4v) is 2.94. The van der Waals surface area contributed by atoms with Crippen molar-refractivity contribution in [2.75, 3.05) is 26.1 Å². The molecule has 0 unspecified atom stereocenters. The van der Waals surface area contributed by atoms with E-state index < -0.39 is 0 Å². The number of fused-ring (bicyclic) bond motifs is 1. The van der Waals surface area contributed by atoms with Crippen LogP contribution in [0, 0.1) is 0 Å². The van der Waals surface area contributed by atoms with Gasteiger partial charge in [0.1, 0.15) is 23.4 Å². The van der Waals surface area contributed by atoms with Crippen molar-refractivity contribution in [3.05, 3.63) is 47.2 Å². The van der Waals surface area contributed by atoms with E-state index in [0.29, 0.717) is 0 Å². The van der Waals surface area contributed by atoms with E-state index in [1.165, 1.54) is 5.56 Å². The van der Waals surface area contributed by atoms with Crippen molar-refractivity contribution < 1.29 is 9.47 Å². The molecular formula is C19H25N3O2. The summed E-state index contributed by atoms with van der Waals surface area (Å²) >= 11 is 0. The zero-order valence-corrected chi connectivity index (χ0v) is 14.8. The van der Waals surface area contributed by atoms with Crippen LogP contribution in [-0.4, -0.2) is 32.3 Å². The van der Waals surface area contributed by atoms with Crippen molar-refractivity contribution in [2.24, 2.45) is 0 Å². The molecule has 1 atom stereocenters. The molecule has 1 aromatic heterocycles. The summed E-state index contributed by atoms with van der Waals surface area (Å²) in [5.41, 5.74) is 3.50. The van der Waals surface area contributed by atoms with E-state index >= 15 is 0 Å². The summed E-state index contributed by atoms with van der Waals surface area (Å²) in [6, 6.07) is 8.32. The van der Waals surface area contributed by atoms with Gasteiger partial charge in [-0.1, -0.05) is 6.07 Å². The molecule has 128 valence electrons. The zero-order valence-electron chi connectivity index (χ0n) is 14.8. The molecule has 24 heavy (non-hydrogen) atoms. The highest BCUT2D eigenvalue weighted by Crippen LogP contribution is 2.34. The summed E-state index contributed by atoms with van der Waals surface area (Å²) in [6.07, 6.45) is 3.10. The molecule has 1 aliphatic rings. The highest BCUT2D eigenvalue weighted by molar-refractivity contribution is 5.48. The van der Waals surface area contributed by atoms with Gasteiger partial charge in [0.05, 0.1) is 7.11 Å². The lowest BCUT2D eigenvalue weighted by Crippen LogP contribution is -2.15. The number of anilines is 1. The lowest BCUT2D eigenvalue weighted by atomic mass is 10.1. The molecule has 0 saturated heterocycles. The monoisotopic (exact) mass is 327 g/mol. The SMILES string of the molecule is COc1cc2c(cc1CNCc1ccc(N(C)C)nc1)O[C@@H](C)C2. The van der Waals surface area contributed by atoms with Crippen molar-refractivity contribution in [1.29, 1.82) is 0 Å². The van der Waals surface area contributed by atoms with Crippen LogP contribution in [0.2, 0.25) is 0 Å². The number of pyridine rings is 1. The quantitative estimate of drug-likeness (QED) is 0.884. The third-order valence-electron chi connectivity index (χ3n) is 4.21. The summed E-state index contributed by atoms with van der Waals surface area (Å²) in [5, 5.41) is 3.45. The Morgan fingerprint density at radius 1 is 1.29 bits per heavy atom. The van der Waals surface area contributed by atoms with Crippen molar-refractivity contribution in [1.82, 2.24) is 10.3 Å². The molecule has 3 rings (SSSR count). The third kappa shape index (κ3) is 3.62. The summed E-state index contributed by atoms with van der Waals surface area (Å²) in [5.74, 6) is 2.86. The number of hydrogen-bond acceptors (Lipinski definition) is 5. The van der Waals surface area contributed by atoms with E-state index in [2.05, 4.69) is 35.4 Å². The largest absolute Gasteiger partial charge is 0.496 e. The van der Waals surface area contributed by atoms with Crippen LogP contribution < -0.4 is 19.7 Å². The van der Waals surface area contributed by atoms with Crippen molar-refractivity contribution in [3.63, 3.8) is 0 Å². The summed E-state index contributed by atoms with van der Waals surface area (Å²) < 4.78 is 11.4. The number of benzene rings is 1. The van der Waals surface area contributed by atoms with Gasteiger partial charge >= 0.3 is 0 Å². The zero-order chi connectivity index (χ0) is 17.1. The first kappa shape index (κ1) is 16.6. The smallest absolute Gasteiger partial charge is 0.127 e. The minimum absolute atomic E-state index is 0.245. The average molecular weight is 327 g/mol. The van der Waals surface area contributed by atoms with E-state index in [4.69, 9.17) is 9.47 Å². The maximum Gasteiger partial charge on any atom is 0.127 e. The fraction of sp³-hybridized carbons (Fsp3) is 0.421. The van der Waals surface area contributed by atoms with Gasteiger partial charge in [0, 0.05) is 50.9 Å². The van der Waals surface area contributed by atoms with E-state index in [1.54, 1.807) is 7.11 Å². The van der Waals surface area contributed by atoms with E-state index in [1.807, 2.05) is 31.3 Å². The maximum absolute atomic E-state index is 5.85. The number of hydrogen-bond donors (Lipinski definition) is 1. The van der Waals surface area contributed by atoms with E-state index in [0.717, 1.165) is 48.0 Å². The predicted octanol–water partition coefficient (Wildman–Crippen LogP) is 2.77. The van der Waals surface area contributed by atoms with Crippen molar-refractivity contribution in [3.8, 4) is 11.5 Å². The molecule has 2 heterocycles. The van der Waals surface area contributed by atoms with Crippen LogP contribution in [-0.2, 0) is 19.5 Å². The summed E-state index contributed by atoms with van der Waals surface area (Å²) in [7, 11) is 5.70. The van der Waals surface area contributed by atoms with Gasteiger partial charge in [0.15, 0.2) is 0 Å². The van der Waals surface area contributed by atoms with Crippen molar-refractivity contribution >= 4 is 5.82 Å². The van der Waals surface area contributed by atoms with E-state index in [9.17, 15) is 0 Å². The topological polar surface area (TPSA) is 46.6 Å². The van der Waals surface area contributed by atoms with Gasteiger partial charge in [-0.25, -0.2) is 4.98 Å². The van der Waals surface area contributed by atoms with Gasteiger partial charge in [0.2, 0.25) is 0 Å². The standard InChI is InChI=1S/C19H25N3O2/c1-13-7-15-8-17(23-4)16(9-18(15)24-13)12-20-10-14-5-6-19(21-11-14)22(2)3/h5-6,8-9,11,13,20H,7,10,12H2,1-4H3/t13-/m0/s1. The molecule has 5 nitrogen and oxygen atoms in total. The number of nitrogens with one attached hydrogen (secondary N) is 1. The summed E-state index contributed by atoms with van der Waals surface area (Å²) in [6.45, 7) is 3.58. The Labute approximate surface area is 143 Å². The maximum atomic E-state index is 5.85. The number of nitrogens with zero attached hydrogens (tertiary/aromatic N) is 2. The number of rotatable bonds is 6.